The predicted octanol–water partition coefficient (Wildman–Crippen LogP) is 3.67. The smallest absolute Gasteiger partial charge is 0.167 e. The van der Waals surface area contributed by atoms with E-state index in [-0.39, 0.29) is 0 Å². The first-order valence-electron chi connectivity index (χ1n) is 8.03. The number of ether oxygens (including phenoxy) is 2. The lowest BCUT2D eigenvalue weighted by Crippen LogP contribution is -2.28. The van der Waals surface area contributed by atoms with Crippen molar-refractivity contribution in [1.29, 1.82) is 0 Å². The molecule has 1 saturated heterocycles. The van der Waals surface area contributed by atoms with Crippen LogP contribution in [0.1, 0.15) is 31.5 Å². The molecule has 2 heterocycles. The van der Waals surface area contributed by atoms with E-state index in [1.807, 2.05) is 13.0 Å². The fourth-order valence-electron chi connectivity index (χ4n) is 3.12. The summed E-state index contributed by atoms with van der Waals surface area (Å²) in [6.07, 6.45) is 1.79. The van der Waals surface area contributed by atoms with Crippen molar-refractivity contribution in [3.8, 4) is 0 Å². The molecule has 4 heteroatoms. The van der Waals surface area contributed by atoms with Crippen molar-refractivity contribution in [3.63, 3.8) is 0 Å². The maximum atomic E-state index is 5.67. The third-order valence-electron chi connectivity index (χ3n) is 4.33. The largest absolute Gasteiger partial charge is 0.384 e. The zero-order valence-corrected chi connectivity index (χ0v) is 13.6. The van der Waals surface area contributed by atoms with Crippen LogP contribution in [0.25, 0.3) is 10.9 Å². The number of hydrogen-bond acceptors (Lipinski definition) is 4. The molecule has 0 atom stereocenters. The minimum Gasteiger partial charge on any atom is -0.384 e. The SMILES string of the molecule is CCc1c(C)nc2ccccc2c1NCCC1(C)OCCO1. The van der Waals surface area contributed by atoms with Crippen molar-refractivity contribution in [3.05, 3.63) is 35.5 Å². The Balaban J connectivity index is 1.85. The number of fused-ring (bicyclic) bond motifs is 1. The molecule has 1 aliphatic rings. The number of nitrogens with one attached hydrogen (secondary N) is 1. The molecule has 0 saturated carbocycles. The average molecular weight is 300 g/mol. The lowest BCUT2D eigenvalue weighted by atomic mass is 10.0. The molecular weight excluding hydrogens is 276 g/mol. The summed E-state index contributed by atoms with van der Waals surface area (Å²) < 4.78 is 11.3. The topological polar surface area (TPSA) is 43.4 Å². The molecule has 1 aromatic carbocycles. The zero-order valence-electron chi connectivity index (χ0n) is 13.6. The van der Waals surface area contributed by atoms with Gasteiger partial charge in [-0.05, 0) is 31.9 Å². The van der Waals surface area contributed by atoms with Gasteiger partial charge in [0.1, 0.15) is 0 Å². The van der Waals surface area contributed by atoms with Gasteiger partial charge < -0.3 is 14.8 Å². The molecule has 0 aliphatic carbocycles. The van der Waals surface area contributed by atoms with Gasteiger partial charge in [-0.2, -0.15) is 0 Å². The number of rotatable bonds is 5. The highest BCUT2D eigenvalue weighted by Gasteiger charge is 2.30. The van der Waals surface area contributed by atoms with Crippen molar-refractivity contribution >= 4 is 16.6 Å². The van der Waals surface area contributed by atoms with Gasteiger partial charge in [-0.15, -0.1) is 0 Å². The van der Waals surface area contributed by atoms with E-state index in [0.29, 0.717) is 13.2 Å². The summed E-state index contributed by atoms with van der Waals surface area (Å²) in [5, 5.41) is 4.78. The van der Waals surface area contributed by atoms with E-state index in [2.05, 4.69) is 37.4 Å². The zero-order chi connectivity index (χ0) is 15.6. The molecule has 22 heavy (non-hydrogen) atoms. The molecule has 1 fully saturated rings. The van der Waals surface area contributed by atoms with Gasteiger partial charge in [-0.3, -0.25) is 4.98 Å². The van der Waals surface area contributed by atoms with E-state index < -0.39 is 5.79 Å². The summed E-state index contributed by atoms with van der Waals surface area (Å²) in [5.74, 6) is -0.447. The van der Waals surface area contributed by atoms with Crippen LogP contribution in [0.5, 0.6) is 0 Å². The van der Waals surface area contributed by atoms with Crippen LogP contribution in [0.3, 0.4) is 0 Å². The van der Waals surface area contributed by atoms with Crippen molar-refractivity contribution in [2.75, 3.05) is 25.1 Å². The van der Waals surface area contributed by atoms with Crippen molar-refractivity contribution in [2.45, 2.75) is 39.4 Å². The van der Waals surface area contributed by atoms with Crippen LogP contribution in [0.15, 0.2) is 24.3 Å². The summed E-state index contributed by atoms with van der Waals surface area (Å²) in [7, 11) is 0. The normalized spacial score (nSPS) is 17.0. The number of para-hydroxylation sites is 1. The summed E-state index contributed by atoms with van der Waals surface area (Å²) in [5.41, 5.74) is 4.63. The highest BCUT2D eigenvalue weighted by atomic mass is 16.7. The Bertz CT molecular complexity index is 663. The quantitative estimate of drug-likeness (QED) is 0.915. The number of aromatic nitrogens is 1. The molecule has 1 N–H and O–H groups in total. The van der Waals surface area contributed by atoms with Gasteiger partial charge in [0.15, 0.2) is 5.79 Å². The van der Waals surface area contributed by atoms with Crippen molar-refractivity contribution < 1.29 is 9.47 Å². The van der Waals surface area contributed by atoms with Crippen LogP contribution in [0.4, 0.5) is 5.69 Å². The molecule has 4 nitrogen and oxygen atoms in total. The monoisotopic (exact) mass is 300 g/mol. The van der Waals surface area contributed by atoms with Gasteiger partial charge in [0.05, 0.1) is 18.7 Å². The Labute approximate surface area is 131 Å². The molecule has 0 bridgehead atoms. The molecule has 3 rings (SSSR count). The molecule has 0 radical (unpaired) electrons. The maximum Gasteiger partial charge on any atom is 0.167 e. The molecular formula is C18H24N2O2. The number of hydrogen-bond donors (Lipinski definition) is 1. The molecule has 0 unspecified atom stereocenters. The number of pyridine rings is 1. The average Bonchev–Trinajstić information content (AvgIpc) is 2.94. The Morgan fingerprint density at radius 1 is 1.23 bits per heavy atom. The highest BCUT2D eigenvalue weighted by molar-refractivity contribution is 5.93. The van der Waals surface area contributed by atoms with E-state index in [0.717, 1.165) is 30.6 Å². The second kappa shape index (κ2) is 6.23. The maximum absolute atomic E-state index is 5.67. The van der Waals surface area contributed by atoms with E-state index in [4.69, 9.17) is 14.5 Å². The van der Waals surface area contributed by atoms with Gasteiger partial charge in [0.25, 0.3) is 0 Å². The van der Waals surface area contributed by atoms with Crippen molar-refractivity contribution in [2.24, 2.45) is 0 Å². The molecule has 1 aromatic heterocycles. The first kappa shape index (κ1) is 15.3. The third-order valence-corrected chi connectivity index (χ3v) is 4.33. The lowest BCUT2D eigenvalue weighted by molar-refractivity contribution is -0.144. The van der Waals surface area contributed by atoms with Crippen LogP contribution < -0.4 is 5.32 Å². The Kier molecular flexibility index (Phi) is 4.32. The Hall–Kier alpha value is -1.65. The summed E-state index contributed by atoms with van der Waals surface area (Å²) >= 11 is 0. The number of anilines is 1. The minimum absolute atomic E-state index is 0.447. The van der Waals surface area contributed by atoms with Crippen LogP contribution in [-0.2, 0) is 15.9 Å². The number of benzene rings is 1. The molecule has 0 spiro atoms. The molecule has 2 aromatic rings. The fourth-order valence-corrected chi connectivity index (χ4v) is 3.12. The molecule has 1 aliphatic heterocycles. The lowest BCUT2D eigenvalue weighted by Gasteiger charge is -2.23. The highest BCUT2D eigenvalue weighted by Crippen LogP contribution is 2.30. The van der Waals surface area contributed by atoms with Crippen molar-refractivity contribution in [1.82, 2.24) is 4.98 Å². The van der Waals surface area contributed by atoms with E-state index >= 15 is 0 Å². The van der Waals surface area contributed by atoms with Crippen LogP contribution >= 0.6 is 0 Å². The van der Waals surface area contributed by atoms with Gasteiger partial charge in [0, 0.05) is 29.7 Å². The first-order chi connectivity index (χ1) is 10.6. The fraction of sp³-hybridized carbons (Fsp3) is 0.500. The summed E-state index contributed by atoms with van der Waals surface area (Å²) in [6.45, 7) is 8.46. The Morgan fingerprint density at radius 2 is 1.95 bits per heavy atom. The second-order valence-corrected chi connectivity index (χ2v) is 5.93. The van der Waals surface area contributed by atoms with E-state index in [1.165, 1.54) is 16.6 Å². The summed E-state index contributed by atoms with van der Waals surface area (Å²) in [6, 6.07) is 8.30. The van der Waals surface area contributed by atoms with Gasteiger partial charge >= 0.3 is 0 Å². The standard InChI is InChI=1S/C18H24N2O2/c1-4-14-13(2)20-16-8-6-5-7-15(16)17(14)19-10-9-18(3)21-11-12-22-18/h5-8H,4,9-12H2,1-3H3,(H,19,20). The number of aryl methyl sites for hydroxylation is 1. The van der Waals surface area contributed by atoms with Gasteiger partial charge in [-0.25, -0.2) is 0 Å². The van der Waals surface area contributed by atoms with E-state index in [9.17, 15) is 0 Å². The van der Waals surface area contributed by atoms with E-state index in [1.54, 1.807) is 0 Å². The molecule has 0 amide bonds. The third kappa shape index (κ3) is 2.94. The second-order valence-electron chi connectivity index (χ2n) is 5.93. The van der Waals surface area contributed by atoms with Crippen LogP contribution in [-0.4, -0.2) is 30.5 Å². The van der Waals surface area contributed by atoms with Gasteiger partial charge in [-0.1, -0.05) is 25.1 Å². The number of nitrogens with zero attached hydrogens (tertiary/aromatic N) is 1. The first-order valence-corrected chi connectivity index (χ1v) is 8.03. The predicted molar refractivity (Wildman–Crippen MR) is 89.3 cm³/mol. The summed E-state index contributed by atoms with van der Waals surface area (Å²) in [4.78, 5) is 4.72. The Morgan fingerprint density at radius 3 is 2.68 bits per heavy atom. The minimum atomic E-state index is -0.447. The van der Waals surface area contributed by atoms with Gasteiger partial charge in [0.2, 0.25) is 0 Å². The molecule has 118 valence electrons. The van der Waals surface area contributed by atoms with Crippen LogP contribution in [0, 0.1) is 6.92 Å². The van der Waals surface area contributed by atoms with Crippen LogP contribution in [0.2, 0.25) is 0 Å².